The van der Waals surface area contributed by atoms with Gasteiger partial charge in [-0.15, -0.1) is 0 Å². The van der Waals surface area contributed by atoms with Crippen molar-refractivity contribution in [3.05, 3.63) is 0 Å². The van der Waals surface area contributed by atoms with Crippen molar-refractivity contribution in [3.8, 4) is 0 Å². The summed E-state index contributed by atoms with van der Waals surface area (Å²) < 4.78 is 24.0. The third-order valence-corrected chi connectivity index (χ3v) is 5.47. The molecule has 0 aromatic rings. The average Bonchev–Trinajstić information content (AvgIpc) is 2.00. The molecule has 1 spiro atoms. The fourth-order valence-corrected chi connectivity index (χ4v) is 4.85. The van der Waals surface area contributed by atoms with Gasteiger partial charge in [0.1, 0.15) is 4.75 Å². The molecule has 1 atom stereocenters. The van der Waals surface area contributed by atoms with Crippen molar-refractivity contribution in [2.45, 2.75) is 17.3 Å². The van der Waals surface area contributed by atoms with Crippen LogP contribution in [0.2, 0.25) is 0 Å². The van der Waals surface area contributed by atoms with E-state index in [1.165, 1.54) is 0 Å². The molecule has 12 heavy (non-hydrogen) atoms. The Kier molecular flexibility index (Phi) is 1.74. The monoisotopic (exact) mass is 209 g/mol. The molecule has 0 saturated carbocycles. The molecule has 0 radical (unpaired) electrons. The second kappa shape index (κ2) is 2.37. The van der Waals surface area contributed by atoms with Crippen LogP contribution in [0.15, 0.2) is 0 Å². The zero-order valence-electron chi connectivity index (χ0n) is 6.47. The molecule has 70 valence electrons. The Hall–Kier alpha value is 0.220. The summed E-state index contributed by atoms with van der Waals surface area (Å²) in [4.78, 5) is 0. The number of thiol groups is 1. The van der Waals surface area contributed by atoms with E-state index in [0.29, 0.717) is 19.5 Å². The first-order valence-corrected chi connectivity index (χ1v) is 5.85. The van der Waals surface area contributed by atoms with Gasteiger partial charge in [0.05, 0.1) is 11.9 Å². The van der Waals surface area contributed by atoms with Gasteiger partial charge in [0.25, 0.3) is 0 Å². The lowest BCUT2D eigenvalue weighted by atomic mass is 9.96. The summed E-state index contributed by atoms with van der Waals surface area (Å²) in [6.45, 7) is 0.908. The Bertz CT molecular complexity index is 294. The minimum absolute atomic E-state index is 0.0748. The molecule has 2 fully saturated rings. The predicted octanol–water partition coefficient (Wildman–Crippen LogP) is -0.935. The van der Waals surface area contributed by atoms with Crippen LogP contribution >= 0.6 is 12.8 Å². The second-order valence-electron chi connectivity index (χ2n) is 3.65. The normalized spacial score (nSPS) is 38.3. The fraction of sp³-hybridized carbons (Fsp3) is 1.00. The first kappa shape index (κ1) is 8.80. The van der Waals surface area contributed by atoms with Gasteiger partial charge < -0.3 is 5.11 Å². The zero-order valence-corrected chi connectivity index (χ0v) is 8.18. The number of rotatable bonds is 0. The molecule has 0 aromatic heterocycles. The molecule has 0 amide bonds. The van der Waals surface area contributed by atoms with E-state index in [9.17, 15) is 13.5 Å². The minimum Gasteiger partial charge on any atom is -0.392 e. The van der Waals surface area contributed by atoms with E-state index in [0.717, 1.165) is 0 Å². The van der Waals surface area contributed by atoms with Crippen LogP contribution in [0.4, 0.5) is 0 Å². The van der Waals surface area contributed by atoms with Crippen molar-refractivity contribution >= 4 is 22.7 Å². The van der Waals surface area contributed by atoms with Crippen LogP contribution in [0.25, 0.3) is 0 Å². The molecule has 2 heterocycles. The van der Waals surface area contributed by atoms with E-state index in [4.69, 9.17) is 0 Å². The second-order valence-corrected chi connectivity index (χ2v) is 6.64. The number of hydrogen-bond acceptors (Lipinski definition) is 5. The zero-order chi connectivity index (χ0) is 8.98. The number of aliphatic hydroxyl groups excluding tert-OH is 1. The van der Waals surface area contributed by atoms with Gasteiger partial charge in [-0.05, 0) is 6.42 Å². The molecule has 0 aromatic carbocycles. The molecule has 6 heteroatoms. The highest BCUT2D eigenvalue weighted by Gasteiger charge is 2.58. The van der Waals surface area contributed by atoms with Crippen LogP contribution in [-0.4, -0.2) is 47.5 Å². The third-order valence-electron chi connectivity index (χ3n) is 2.62. The van der Waals surface area contributed by atoms with Crippen LogP contribution < -0.4 is 0 Å². The van der Waals surface area contributed by atoms with Crippen molar-refractivity contribution in [3.63, 3.8) is 0 Å². The van der Waals surface area contributed by atoms with E-state index in [2.05, 4.69) is 12.8 Å². The van der Waals surface area contributed by atoms with Gasteiger partial charge >= 0.3 is 0 Å². The Morgan fingerprint density at radius 1 is 1.50 bits per heavy atom. The molecule has 2 aliphatic heterocycles. The molecule has 1 N–H and O–H groups in total. The maximum Gasteiger partial charge on any atom is 0.161 e. The average molecular weight is 209 g/mol. The van der Waals surface area contributed by atoms with Crippen LogP contribution in [0.5, 0.6) is 0 Å². The van der Waals surface area contributed by atoms with E-state index >= 15 is 0 Å². The standard InChI is InChI=1S/C6H11NO3S2/c8-5-1-6(3-7(11)4-6)12(9,10)2-5/h5,8,11H,1-4H2. The molecule has 4 nitrogen and oxygen atoms in total. The summed E-state index contributed by atoms with van der Waals surface area (Å²) >= 11 is 4.03. The SMILES string of the molecule is O=S1(=O)CC(O)CC12CN(S)C2. The number of aliphatic hydroxyl groups is 1. The summed E-state index contributed by atoms with van der Waals surface area (Å²) in [6, 6.07) is 0. The van der Waals surface area contributed by atoms with Gasteiger partial charge in [0, 0.05) is 13.1 Å². The minimum atomic E-state index is -3.07. The third kappa shape index (κ3) is 1.02. The van der Waals surface area contributed by atoms with Crippen molar-refractivity contribution in [1.82, 2.24) is 4.31 Å². The first-order valence-electron chi connectivity index (χ1n) is 3.79. The van der Waals surface area contributed by atoms with Gasteiger partial charge in [0.2, 0.25) is 0 Å². The van der Waals surface area contributed by atoms with E-state index < -0.39 is 20.7 Å². The summed E-state index contributed by atoms with van der Waals surface area (Å²) in [7, 11) is -3.07. The number of nitrogens with zero attached hydrogens (tertiary/aromatic N) is 1. The highest BCUT2D eigenvalue weighted by molar-refractivity contribution is 7.93. The molecule has 0 aliphatic carbocycles. The van der Waals surface area contributed by atoms with E-state index in [1.807, 2.05) is 0 Å². The lowest BCUT2D eigenvalue weighted by Gasteiger charge is -2.43. The molecular weight excluding hydrogens is 198 g/mol. The molecule has 0 bridgehead atoms. The van der Waals surface area contributed by atoms with Crippen LogP contribution in [0.3, 0.4) is 0 Å². The Morgan fingerprint density at radius 3 is 2.42 bits per heavy atom. The fourth-order valence-electron chi connectivity index (χ4n) is 1.99. The maximum absolute atomic E-state index is 11.5. The molecule has 1 unspecified atom stereocenters. The molecular formula is C6H11NO3S2. The Balaban J connectivity index is 2.28. The van der Waals surface area contributed by atoms with Crippen LogP contribution in [-0.2, 0) is 9.84 Å². The van der Waals surface area contributed by atoms with Gasteiger partial charge in [-0.1, -0.05) is 12.8 Å². The molecule has 2 saturated heterocycles. The van der Waals surface area contributed by atoms with E-state index in [-0.39, 0.29) is 5.75 Å². The number of sulfone groups is 1. The lowest BCUT2D eigenvalue weighted by molar-refractivity contribution is 0.148. The van der Waals surface area contributed by atoms with Gasteiger partial charge in [0.15, 0.2) is 9.84 Å². The van der Waals surface area contributed by atoms with Crippen molar-refractivity contribution in [2.75, 3.05) is 18.8 Å². The van der Waals surface area contributed by atoms with Crippen molar-refractivity contribution in [1.29, 1.82) is 0 Å². The highest BCUT2D eigenvalue weighted by atomic mass is 32.2. The smallest absolute Gasteiger partial charge is 0.161 e. The topological polar surface area (TPSA) is 57.6 Å². The van der Waals surface area contributed by atoms with Gasteiger partial charge in [-0.25, -0.2) is 8.42 Å². The Morgan fingerprint density at radius 2 is 2.08 bits per heavy atom. The van der Waals surface area contributed by atoms with E-state index in [1.54, 1.807) is 4.31 Å². The Labute approximate surface area is 77.0 Å². The van der Waals surface area contributed by atoms with Crippen molar-refractivity contribution < 1.29 is 13.5 Å². The summed E-state index contributed by atoms with van der Waals surface area (Å²) in [5, 5.41) is 9.23. The first-order chi connectivity index (χ1) is 5.45. The lowest BCUT2D eigenvalue weighted by Crippen LogP contribution is -2.60. The summed E-state index contributed by atoms with van der Waals surface area (Å²) in [5.74, 6) is -0.0748. The molecule has 2 aliphatic rings. The van der Waals surface area contributed by atoms with Crippen molar-refractivity contribution in [2.24, 2.45) is 0 Å². The summed E-state index contributed by atoms with van der Waals surface area (Å²) in [5.41, 5.74) is 0. The predicted molar refractivity (Wildman–Crippen MR) is 47.7 cm³/mol. The summed E-state index contributed by atoms with van der Waals surface area (Å²) in [6.07, 6.45) is -0.288. The van der Waals surface area contributed by atoms with Crippen LogP contribution in [0, 0.1) is 0 Å². The van der Waals surface area contributed by atoms with Crippen LogP contribution in [0.1, 0.15) is 6.42 Å². The highest BCUT2D eigenvalue weighted by Crippen LogP contribution is 2.40. The maximum atomic E-state index is 11.5. The van der Waals surface area contributed by atoms with Gasteiger partial charge in [-0.3, -0.25) is 4.31 Å². The molecule has 2 rings (SSSR count). The largest absolute Gasteiger partial charge is 0.392 e. The quantitative estimate of drug-likeness (QED) is 0.506. The number of hydrogen-bond donors (Lipinski definition) is 2. The van der Waals surface area contributed by atoms with Gasteiger partial charge in [-0.2, -0.15) is 0 Å².